The molecule has 9 nitrogen and oxygen atoms in total. The first-order chi connectivity index (χ1) is 11.5. The largest absolute Gasteiger partial charge is 0.468 e. The molecule has 24 heavy (non-hydrogen) atoms. The monoisotopic (exact) mass is 355 g/mol. The number of benzene rings is 1. The fourth-order valence-electron chi connectivity index (χ4n) is 1.83. The molecule has 2 rings (SSSR count). The molecule has 0 unspecified atom stereocenters. The summed E-state index contributed by atoms with van der Waals surface area (Å²) in [4.78, 5) is 58.9. The van der Waals surface area contributed by atoms with Gasteiger partial charge < -0.3 is 9.68 Å². The van der Waals surface area contributed by atoms with E-state index in [2.05, 4.69) is 4.84 Å². The summed E-state index contributed by atoms with van der Waals surface area (Å²) in [6, 6.07) is 7.96. The summed E-state index contributed by atoms with van der Waals surface area (Å²) < 4.78 is 0. The second-order valence-electron chi connectivity index (χ2n) is 4.67. The van der Waals surface area contributed by atoms with E-state index >= 15 is 0 Å². The molecule has 1 saturated heterocycles. The smallest absolute Gasteiger partial charge is 0.330 e. The van der Waals surface area contributed by atoms with Gasteiger partial charge in [-0.1, -0.05) is 18.2 Å². The van der Waals surface area contributed by atoms with Crippen LogP contribution in [0.2, 0.25) is 0 Å². The molecular formula is C14H14ClN3O6. The summed E-state index contributed by atoms with van der Waals surface area (Å²) >= 11 is 5.33. The first-order valence-electron chi connectivity index (χ1n) is 6.99. The summed E-state index contributed by atoms with van der Waals surface area (Å²) in [5, 5.41) is 0.934. The van der Waals surface area contributed by atoms with Crippen LogP contribution in [0.3, 0.4) is 0 Å². The van der Waals surface area contributed by atoms with Crippen LogP contribution in [-0.2, 0) is 19.3 Å². The van der Waals surface area contributed by atoms with Crippen molar-refractivity contribution in [3.8, 4) is 0 Å². The number of hydroxylamine groups is 4. The molecule has 0 bridgehead atoms. The minimum Gasteiger partial charge on any atom is -0.330 e. The maximum absolute atomic E-state index is 12.1. The predicted octanol–water partition coefficient (Wildman–Crippen LogP) is 1.00. The predicted molar refractivity (Wildman–Crippen MR) is 80.0 cm³/mol. The Kier molecular flexibility index (Phi) is 6.10. The molecule has 3 amide bonds. The van der Waals surface area contributed by atoms with Crippen molar-refractivity contribution >= 4 is 35.7 Å². The first-order valence-corrected chi connectivity index (χ1v) is 7.37. The topological polar surface area (TPSA) is 105 Å². The molecule has 0 spiro atoms. The van der Waals surface area contributed by atoms with Crippen LogP contribution < -0.4 is 4.84 Å². The lowest BCUT2D eigenvalue weighted by molar-refractivity contribution is -0.183. The van der Waals surface area contributed by atoms with Crippen LogP contribution in [-0.4, -0.2) is 47.1 Å². The zero-order valence-corrected chi connectivity index (χ0v) is 13.2. The van der Waals surface area contributed by atoms with Gasteiger partial charge >= 0.3 is 12.1 Å². The molecule has 1 heterocycles. The van der Waals surface area contributed by atoms with Crippen molar-refractivity contribution in [2.24, 2.45) is 0 Å². The van der Waals surface area contributed by atoms with Gasteiger partial charge in [-0.25, -0.2) is 14.4 Å². The van der Waals surface area contributed by atoms with Gasteiger partial charge in [0.15, 0.2) is 0 Å². The number of amides is 3. The second kappa shape index (κ2) is 8.27. The van der Waals surface area contributed by atoms with Crippen LogP contribution in [0.4, 0.5) is 4.79 Å². The average molecular weight is 356 g/mol. The number of rotatable bonds is 5. The molecule has 0 atom stereocenters. The molecule has 1 aliphatic rings. The van der Waals surface area contributed by atoms with Crippen LogP contribution in [0.25, 0.3) is 0 Å². The van der Waals surface area contributed by atoms with E-state index in [-0.39, 0.29) is 31.5 Å². The Bertz CT molecular complexity index is 623. The molecule has 0 aliphatic carbocycles. The number of nitrogens with zero attached hydrogens (tertiary/aromatic N) is 2. The number of imide groups is 1. The van der Waals surface area contributed by atoms with Crippen molar-refractivity contribution in [1.82, 2.24) is 15.0 Å². The molecule has 1 aromatic rings. The van der Waals surface area contributed by atoms with E-state index in [4.69, 9.17) is 21.5 Å². The number of nitrogens with one attached hydrogen (secondary N) is 1. The van der Waals surface area contributed by atoms with Crippen molar-refractivity contribution in [3.05, 3.63) is 35.9 Å². The van der Waals surface area contributed by atoms with Crippen LogP contribution in [0.5, 0.6) is 0 Å². The molecule has 128 valence electrons. The van der Waals surface area contributed by atoms with Gasteiger partial charge in [-0.15, -0.1) is 10.1 Å². The Labute approximate surface area is 142 Å². The first kappa shape index (κ1) is 17.7. The molecule has 0 aromatic heterocycles. The van der Waals surface area contributed by atoms with Gasteiger partial charge in [0.25, 0.3) is 11.8 Å². The maximum atomic E-state index is 12.1. The highest BCUT2D eigenvalue weighted by Crippen LogP contribution is 2.14. The number of hydrogen-bond donors (Lipinski definition) is 1. The van der Waals surface area contributed by atoms with Crippen molar-refractivity contribution in [2.45, 2.75) is 12.8 Å². The van der Waals surface area contributed by atoms with Crippen LogP contribution in [0.1, 0.15) is 23.2 Å². The molecule has 1 fully saturated rings. The molecule has 1 aromatic carbocycles. The lowest BCUT2D eigenvalue weighted by atomic mass is 10.2. The van der Waals surface area contributed by atoms with E-state index in [1.54, 1.807) is 18.2 Å². The Morgan fingerprint density at radius 2 is 1.79 bits per heavy atom. The van der Waals surface area contributed by atoms with Gasteiger partial charge in [0.2, 0.25) is 0 Å². The van der Waals surface area contributed by atoms with Crippen molar-refractivity contribution in [1.29, 1.82) is 0 Å². The zero-order valence-electron chi connectivity index (χ0n) is 12.4. The minimum atomic E-state index is -1.19. The SMILES string of the molecule is O=C(ON(CCNCl)C(=O)ON1C(=O)CCC1=O)c1ccccc1. The van der Waals surface area contributed by atoms with Crippen LogP contribution in [0, 0.1) is 0 Å². The normalized spacial score (nSPS) is 13.8. The third-order valence-electron chi connectivity index (χ3n) is 2.99. The third kappa shape index (κ3) is 4.43. The summed E-state index contributed by atoms with van der Waals surface area (Å²) in [6.45, 7) is -0.0856. The van der Waals surface area contributed by atoms with E-state index < -0.39 is 23.9 Å². The molecule has 1 aliphatic heterocycles. The fraction of sp³-hybridized carbons (Fsp3) is 0.286. The Balaban J connectivity index is 2.04. The minimum absolute atomic E-state index is 0.0425. The summed E-state index contributed by atoms with van der Waals surface area (Å²) in [5.41, 5.74) is 0.211. The number of carbonyl (C=O) groups is 4. The number of hydrogen-bond acceptors (Lipinski definition) is 7. The highest BCUT2D eigenvalue weighted by molar-refractivity contribution is 6.13. The molecule has 1 N–H and O–H groups in total. The third-order valence-corrected chi connectivity index (χ3v) is 3.18. The Hall–Kier alpha value is -2.65. The standard InChI is InChI=1S/C14H14ClN3O6/c15-16-8-9-17(23-13(21)10-4-2-1-3-5-10)14(22)24-18-11(19)6-7-12(18)20/h1-5,16H,6-9H2. The second-order valence-corrected chi connectivity index (χ2v) is 4.94. The van der Waals surface area contributed by atoms with Gasteiger partial charge in [0.1, 0.15) is 0 Å². The molecule has 0 saturated carbocycles. The van der Waals surface area contributed by atoms with E-state index in [0.717, 1.165) is 0 Å². The summed E-state index contributed by atoms with van der Waals surface area (Å²) in [7, 11) is 0. The average Bonchev–Trinajstić information content (AvgIpc) is 2.91. The quantitative estimate of drug-likeness (QED) is 0.477. The van der Waals surface area contributed by atoms with E-state index in [1.807, 2.05) is 0 Å². The fourth-order valence-corrected chi connectivity index (χ4v) is 1.91. The summed E-state index contributed by atoms with van der Waals surface area (Å²) in [5.74, 6) is -2.09. The van der Waals surface area contributed by atoms with Crippen LogP contribution in [0.15, 0.2) is 30.3 Å². The van der Waals surface area contributed by atoms with Gasteiger partial charge in [-0.05, 0) is 23.9 Å². The van der Waals surface area contributed by atoms with Gasteiger partial charge in [-0.3, -0.25) is 9.59 Å². The van der Waals surface area contributed by atoms with Gasteiger partial charge in [0.05, 0.1) is 12.1 Å². The number of carbonyl (C=O) groups excluding carboxylic acids is 4. The van der Waals surface area contributed by atoms with Gasteiger partial charge in [-0.2, -0.15) is 0 Å². The Morgan fingerprint density at radius 1 is 1.17 bits per heavy atom. The van der Waals surface area contributed by atoms with E-state index in [0.29, 0.717) is 10.1 Å². The molecular weight excluding hydrogens is 342 g/mol. The lowest BCUT2D eigenvalue weighted by Gasteiger charge is -2.22. The maximum Gasteiger partial charge on any atom is 0.468 e. The summed E-state index contributed by atoms with van der Waals surface area (Å²) in [6.07, 6.45) is -1.27. The van der Waals surface area contributed by atoms with Gasteiger partial charge in [0, 0.05) is 19.4 Å². The molecule has 0 radical (unpaired) electrons. The lowest BCUT2D eigenvalue weighted by Crippen LogP contribution is -2.42. The highest BCUT2D eigenvalue weighted by Gasteiger charge is 2.35. The van der Waals surface area contributed by atoms with E-state index in [1.165, 1.54) is 12.1 Å². The van der Waals surface area contributed by atoms with Crippen molar-refractivity contribution in [2.75, 3.05) is 13.1 Å². The highest BCUT2D eigenvalue weighted by atomic mass is 35.5. The number of halogens is 1. The van der Waals surface area contributed by atoms with Crippen molar-refractivity contribution < 1.29 is 28.9 Å². The Morgan fingerprint density at radius 3 is 2.38 bits per heavy atom. The zero-order chi connectivity index (χ0) is 17.5. The van der Waals surface area contributed by atoms with Crippen LogP contribution >= 0.6 is 11.8 Å². The van der Waals surface area contributed by atoms with Crippen molar-refractivity contribution in [3.63, 3.8) is 0 Å². The van der Waals surface area contributed by atoms with E-state index in [9.17, 15) is 19.2 Å². The molecule has 10 heteroatoms.